The van der Waals surface area contributed by atoms with Crippen LogP contribution in [0.1, 0.15) is 10.4 Å². The van der Waals surface area contributed by atoms with Gasteiger partial charge in [-0.25, -0.2) is 4.79 Å². The van der Waals surface area contributed by atoms with Crippen LogP contribution < -0.4 is 0 Å². The molecule has 0 fully saturated rings. The monoisotopic (exact) mass is 197 g/mol. The first kappa shape index (κ1) is 8.07. The fourth-order valence-electron chi connectivity index (χ4n) is 1.08. The van der Waals surface area contributed by atoms with Gasteiger partial charge in [-0.2, -0.15) is 0 Å². The first-order valence-electron chi connectivity index (χ1n) is 3.45. The first-order valence-corrected chi connectivity index (χ1v) is 3.82. The van der Waals surface area contributed by atoms with Crippen LogP contribution in [-0.2, 0) is 0 Å². The summed E-state index contributed by atoms with van der Waals surface area (Å²) in [5.41, 5.74) is 0.275. The normalized spacial score (nSPS) is 10.5. The highest BCUT2D eigenvalue weighted by atomic mass is 35.5. The largest absolute Gasteiger partial charge is 0.477 e. The third-order valence-corrected chi connectivity index (χ3v) is 1.81. The highest BCUT2D eigenvalue weighted by Gasteiger charge is 2.12. The van der Waals surface area contributed by atoms with Crippen LogP contribution in [0.3, 0.4) is 0 Å². The molecule has 2 aromatic heterocycles. The molecule has 0 unspecified atom stereocenters. The number of aromatic carboxylic acids is 1. The quantitative estimate of drug-likeness (QED) is 0.761. The summed E-state index contributed by atoms with van der Waals surface area (Å²) in [7, 11) is 0. The Morgan fingerprint density at radius 1 is 1.54 bits per heavy atom. The number of carboxylic acids is 1. The van der Waals surface area contributed by atoms with Gasteiger partial charge in [-0.15, -0.1) is 0 Å². The van der Waals surface area contributed by atoms with Crippen LogP contribution in [0.25, 0.3) is 11.0 Å². The smallest absolute Gasteiger partial charge is 0.341 e. The Kier molecular flexibility index (Phi) is 1.70. The molecule has 0 amide bonds. The summed E-state index contributed by atoms with van der Waals surface area (Å²) >= 11 is 5.57. The molecule has 4 nitrogen and oxygen atoms in total. The Labute approximate surface area is 77.8 Å². The number of rotatable bonds is 1. The SMILES string of the molecule is O=C(O)c1cncc2cc(Cl)oc12. The van der Waals surface area contributed by atoms with Crippen molar-refractivity contribution < 1.29 is 14.3 Å². The predicted octanol–water partition coefficient (Wildman–Crippen LogP) is 2.18. The van der Waals surface area contributed by atoms with Gasteiger partial charge in [-0.3, -0.25) is 4.98 Å². The van der Waals surface area contributed by atoms with E-state index in [0.717, 1.165) is 0 Å². The summed E-state index contributed by atoms with van der Waals surface area (Å²) in [4.78, 5) is 14.4. The summed E-state index contributed by atoms with van der Waals surface area (Å²) in [5, 5.41) is 9.49. The lowest BCUT2D eigenvalue weighted by atomic mass is 10.2. The number of fused-ring (bicyclic) bond motifs is 1. The highest BCUT2D eigenvalue weighted by molar-refractivity contribution is 6.30. The summed E-state index contributed by atoms with van der Waals surface area (Å²) in [6, 6.07) is 1.52. The molecule has 0 bridgehead atoms. The maximum absolute atomic E-state index is 10.7. The van der Waals surface area contributed by atoms with Gasteiger partial charge in [0, 0.05) is 23.8 Å². The van der Waals surface area contributed by atoms with Gasteiger partial charge in [0.1, 0.15) is 5.56 Å². The second-order valence-electron chi connectivity index (χ2n) is 2.46. The van der Waals surface area contributed by atoms with Gasteiger partial charge < -0.3 is 9.52 Å². The van der Waals surface area contributed by atoms with Gasteiger partial charge in [-0.05, 0) is 11.6 Å². The van der Waals surface area contributed by atoms with Gasteiger partial charge >= 0.3 is 5.97 Å². The van der Waals surface area contributed by atoms with Gasteiger partial charge in [0.2, 0.25) is 0 Å². The van der Waals surface area contributed by atoms with Crippen molar-refractivity contribution in [3.63, 3.8) is 0 Å². The van der Waals surface area contributed by atoms with E-state index in [-0.39, 0.29) is 16.4 Å². The molecular formula is C8H4ClNO3. The molecule has 5 heteroatoms. The van der Waals surface area contributed by atoms with Crippen LogP contribution in [0.15, 0.2) is 22.9 Å². The Bertz CT molecular complexity index is 477. The van der Waals surface area contributed by atoms with Crippen molar-refractivity contribution in [2.45, 2.75) is 0 Å². The van der Waals surface area contributed by atoms with Gasteiger partial charge in [-0.1, -0.05) is 0 Å². The van der Waals surface area contributed by atoms with Crippen molar-refractivity contribution in [2.24, 2.45) is 0 Å². The van der Waals surface area contributed by atoms with Crippen LogP contribution in [0.5, 0.6) is 0 Å². The Balaban J connectivity index is 2.82. The standard InChI is InChI=1S/C8H4ClNO3/c9-6-1-4-2-10-3-5(8(11)12)7(4)13-6/h1-3H,(H,11,12). The fourth-order valence-corrected chi connectivity index (χ4v) is 1.28. The van der Waals surface area contributed by atoms with Crippen molar-refractivity contribution in [2.75, 3.05) is 0 Å². The molecule has 0 atom stereocenters. The number of carboxylic acid groups (broad SMARTS) is 1. The minimum Gasteiger partial charge on any atom is -0.477 e. The third-order valence-electron chi connectivity index (χ3n) is 1.62. The first-order chi connectivity index (χ1) is 6.18. The number of aromatic nitrogens is 1. The van der Waals surface area contributed by atoms with Crippen molar-refractivity contribution in [3.05, 3.63) is 29.2 Å². The number of hydrogen-bond donors (Lipinski definition) is 1. The van der Waals surface area contributed by atoms with Gasteiger partial charge in [0.25, 0.3) is 0 Å². The third kappa shape index (κ3) is 1.25. The lowest BCUT2D eigenvalue weighted by molar-refractivity contribution is 0.0697. The number of hydrogen-bond acceptors (Lipinski definition) is 3. The van der Waals surface area contributed by atoms with Crippen LogP contribution in [0, 0.1) is 0 Å². The van der Waals surface area contributed by atoms with Gasteiger partial charge in [0.05, 0.1) is 0 Å². The molecule has 0 aromatic carbocycles. The second kappa shape index (κ2) is 2.74. The van der Waals surface area contributed by atoms with E-state index in [1.807, 2.05) is 0 Å². The molecular weight excluding hydrogens is 194 g/mol. The fraction of sp³-hybridized carbons (Fsp3) is 0. The van der Waals surface area contributed by atoms with E-state index in [4.69, 9.17) is 21.1 Å². The maximum Gasteiger partial charge on any atom is 0.341 e. The second-order valence-corrected chi connectivity index (χ2v) is 2.83. The number of halogens is 1. The van der Waals surface area contributed by atoms with Gasteiger partial charge in [0.15, 0.2) is 10.8 Å². The maximum atomic E-state index is 10.7. The zero-order chi connectivity index (χ0) is 9.42. The van der Waals surface area contributed by atoms with E-state index in [1.54, 1.807) is 0 Å². The molecule has 0 aliphatic heterocycles. The van der Waals surface area contributed by atoms with E-state index in [9.17, 15) is 4.79 Å². The lowest BCUT2D eigenvalue weighted by Crippen LogP contribution is -1.96. The number of carbonyl (C=O) groups is 1. The zero-order valence-electron chi connectivity index (χ0n) is 6.32. The molecule has 1 N–H and O–H groups in total. The summed E-state index contributed by atoms with van der Waals surface area (Å²) in [6.45, 7) is 0. The van der Waals surface area contributed by atoms with Crippen molar-refractivity contribution in [1.82, 2.24) is 4.98 Å². The number of furan rings is 1. The van der Waals surface area contributed by atoms with E-state index >= 15 is 0 Å². The molecule has 2 rings (SSSR count). The zero-order valence-corrected chi connectivity index (χ0v) is 7.08. The molecule has 0 radical (unpaired) electrons. The van der Waals surface area contributed by atoms with E-state index in [1.165, 1.54) is 18.5 Å². The predicted molar refractivity (Wildman–Crippen MR) is 46.0 cm³/mol. The molecule has 2 heterocycles. The van der Waals surface area contributed by atoms with Crippen LogP contribution in [0.4, 0.5) is 0 Å². The Morgan fingerprint density at radius 2 is 2.31 bits per heavy atom. The van der Waals surface area contributed by atoms with Crippen LogP contribution >= 0.6 is 11.6 Å². The molecule has 0 spiro atoms. The minimum absolute atomic E-state index is 0.0180. The summed E-state index contributed by atoms with van der Waals surface area (Å²) in [5.74, 6) is -1.08. The average Bonchev–Trinajstić information content (AvgIpc) is 2.43. The van der Waals surface area contributed by atoms with Crippen LogP contribution in [0.2, 0.25) is 5.22 Å². The number of pyridine rings is 1. The average molecular weight is 198 g/mol. The van der Waals surface area contributed by atoms with Crippen molar-refractivity contribution >= 4 is 28.5 Å². The molecule has 2 aromatic rings. The molecule has 66 valence electrons. The molecule has 13 heavy (non-hydrogen) atoms. The minimum atomic E-state index is -1.08. The summed E-state index contributed by atoms with van der Waals surface area (Å²) in [6.07, 6.45) is 2.72. The molecule has 0 saturated heterocycles. The molecule has 0 saturated carbocycles. The number of nitrogens with zero attached hydrogens (tertiary/aromatic N) is 1. The van der Waals surface area contributed by atoms with E-state index in [2.05, 4.69) is 4.98 Å². The van der Waals surface area contributed by atoms with Crippen molar-refractivity contribution in [1.29, 1.82) is 0 Å². The molecule has 0 aliphatic carbocycles. The van der Waals surface area contributed by atoms with E-state index < -0.39 is 5.97 Å². The van der Waals surface area contributed by atoms with Crippen LogP contribution in [-0.4, -0.2) is 16.1 Å². The summed E-state index contributed by atoms with van der Waals surface area (Å²) < 4.78 is 5.00. The van der Waals surface area contributed by atoms with E-state index in [0.29, 0.717) is 5.39 Å². The molecule has 0 aliphatic rings. The lowest BCUT2D eigenvalue weighted by Gasteiger charge is -1.92. The topological polar surface area (TPSA) is 63.3 Å². The van der Waals surface area contributed by atoms with Crippen molar-refractivity contribution in [3.8, 4) is 0 Å². The Morgan fingerprint density at radius 3 is 3.00 bits per heavy atom. The highest BCUT2D eigenvalue weighted by Crippen LogP contribution is 2.24. The Hall–Kier alpha value is -1.55.